The van der Waals surface area contributed by atoms with Gasteiger partial charge in [0.05, 0.1) is 25.3 Å². The summed E-state index contributed by atoms with van der Waals surface area (Å²) in [5.41, 5.74) is 1.53. The van der Waals surface area contributed by atoms with Crippen LogP contribution in [0.3, 0.4) is 0 Å². The molecule has 0 spiro atoms. The maximum Gasteiger partial charge on any atom is 0.234 e. The molecule has 1 aromatic heterocycles. The van der Waals surface area contributed by atoms with Crippen LogP contribution in [0.15, 0.2) is 53.7 Å². The van der Waals surface area contributed by atoms with Crippen LogP contribution in [0.1, 0.15) is 31.3 Å². The van der Waals surface area contributed by atoms with Crippen LogP contribution in [0.5, 0.6) is 5.75 Å². The number of ether oxygens (including phenoxy) is 1. The van der Waals surface area contributed by atoms with Gasteiger partial charge < -0.3 is 19.9 Å². The molecule has 8 nitrogen and oxygen atoms in total. The number of amides is 2. The average Bonchev–Trinajstić information content (AvgIpc) is 3.21. The molecule has 1 heterocycles. The summed E-state index contributed by atoms with van der Waals surface area (Å²) in [4.78, 5) is 24.8. The summed E-state index contributed by atoms with van der Waals surface area (Å²) in [6, 6.07) is 14.0. The molecule has 0 unspecified atom stereocenters. The number of carbonyl (C=O) groups is 2. The zero-order chi connectivity index (χ0) is 23.8. The predicted octanol–water partition coefficient (Wildman–Crippen LogP) is 4.11. The molecule has 0 aliphatic rings. The van der Waals surface area contributed by atoms with Crippen LogP contribution in [0.4, 0.5) is 5.69 Å². The van der Waals surface area contributed by atoms with Gasteiger partial charge in [-0.1, -0.05) is 41.6 Å². The van der Waals surface area contributed by atoms with Gasteiger partial charge >= 0.3 is 0 Å². The Morgan fingerprint density at radius 3 is 2.58 bits per heavy atom. The molecule has 0 aliphatic heterocycles. The predicted molar refractivity (Wildman–Crippen MR) is 130 cm³/mol. The first-order chi connectivity index (χ1) is 15.9. The zero-order valence-corrected chi connectivity index (χ0v) is 20.2. The number of thioether (sulfide) groups is 1. The first-order valence-electron chi connectivity index (χ1n) is 10.4. The Balaban J connectivity index is 1.56. The van der Waals surface area contributed by atoms with Gasteiger partial charge in [-0.2, -0.15) is 0 Å². The molecule has 0 saturated carbocycles. The highest BCUT2D eigenvalue weighted by Gasteiger charge is 2.20. The fourth-order valence-corrected chi connectivity index (χ4v) is 4.20. The van der Waals surface area contributed by atoms with E-state index in [1.807, 2.05) is 42.7 Å². The fraction of sp³-hybridized carbons (Fsp3) is 0.304. The molecule has 174 valence electrons. The number of nitrogens with zero attached hydrogens (tertiary/aromatic N) is 3. The SMILES string of the molecule is CCn1c(SCC(=O)Nc2cccc(Cl)c2)nnc1[C@@H](C)NC(=O)Cc1ccc(OC)cc1. The van der Waals surface area contributed by atoms with E-state index in [9.17, 15) is 9.59 Å². The van der Waals surface area contributed by atoms with Crippen LogP contribution in [0.2, 0.25) is 5.02 Å². The lowest BCUT2D eigenvalue weighted by molar-refractivity contribution is -0.121. The second kappa shape index (κ2) is 11.7. The van der Waals surface area contributed by atoms with Crippen molar-refractivity contribution in [1.29, 1.82) is 0 Å². The van der Waals surface area contributed by atoms with Crippen molar-refractivity contribution in [2.45, 2.75) is 38.0 Å². The zero-order valence-electron chi connectivity index (χ0n) is 18.7. The van der Waals surface area contributed by atoms with Crippen molar-refractivity contribution in [3.8, 4) is 5.75 Å². The van der Waals surface area contributed by atoms with Gasteiger partial charge in [-0.05, 0) is 49.7 Å². The molecule has 1 atom stereocenters. The number of carbonyl (C=O) groups excluding carboxylic acids is 2. The first-order valence-corrected chi connectivity index (χ1v) is 11.8. The second-order valence-corrected chi connectivity index (χ2v) is 8.63. The van der Waals surface area contributed by atoms with Crippen molar-refractivity contribution in [3.05, 3.63) is 64.9 Å². The lowest BCUT2D eigenvalue weighted by Crippen LogP contribution is -2.30. The lowest BCUT2D eigenvalue weighted by atomic mass is 10.1. The van der Waals surface area contributed by atoms with E-state index in [-0.39, 0.29) is 30.0 Å². The Hall–Kier alpha value is -3.04. The molecule has 0 saturated heterocycles. The largest absolute Gasteiger partial charge is 0.497 e. The van der Waals surface area contributed by atoms with Crippen LogP contribution < -0.4 is 15.4 Å². The number of nitrogens with one attached hydrogen (secondary N) is 2. The molecule has 0 bridgehead atoms. The maximum absolute atomic E-state index is 12.5. The summed E-state index contributed by atoms with van der Waals surface area (Å²) < 4.78 is 7.04. The van der Waals surface area contributed by atoms with Crippen molar-refractivity contribution in [3.63, 3.8) is 0 Å². The van der Waals surface area contributed by atoms with E-state index in [1.165, 1.54) is 11.8 Å². The van der Waals surface area contributed by atoms with Gasteiger partial charge in [0, 0.05) is 17.3 Å². The van der Waals surface area contributed by atoms with E-state index in [0.717, 1.165) is 11.3 Å². The monoisotopic (exact) mass is 487 g/mol. The molecule has 2 aromatic carbocycles. The van der Waals surface area contributed by atoms with Crippen molar-refractivity contribution in [1.82, 2.24) is 20.1 Å². The summed E-state index contributed by atoms with van der Waals surface area (Å²) in [6.45, 7) is 4.44. The first kappa shape index (κ1) is 24.6. The average molecular weight is 488 g/mol. The van der Waals surface area contributed by atoms with Gasteiger partial charge in [0.1, 0.15) is 5.75 Å². The number of hydrogen-bond donors (Lipinski definition) is 2. The summed E-state index contributed by atoms with van der Waals surface area (Å²) in [5.74, 6) is 1.26. The minimum absolute atomic E-state index is 0.117. The molecule has 0 radical (unpaired) electrons. The molecular weight excluding hydrogens is 462 g/mol. The van der Waals surface area contributed by atoms with Gasteiger partial charge in [0.15, 0.2) is 11.0 Å². The third-order valence-corrected chi connectivity index (χ3v) is 5.99. The van der Waals surface area contributed by atoms with E-state index in [2.05, 4.69) is 20.8 Å². The van der Waals surface area contributed by atoms with E-state index < -0.39 is 0 Å². The Kier molecular flexibility index (Phi) is 8.73. The molecule has 3 aromatic rings. The Morgan fingerprint density at radius 1 is 1.15 bits per heavy atom. The van der Waals surface area contributed by atoms with Crippen LogP contribution in [-0.4, -0.2) is 39.4 Å². The summed E-state index contributed by atoms with van der Waals surface area (Å²) in [5, 5.41) is 15.4. The number of benzene rings is 2. The lowest BCUT2D eigenvalue weighted by Gasteiger charge is -2.15. The van der Waals surface area contributed by atoms with Gasteiger partial charge in [0.2, 0.25) is 11.8 Å². The van der Waals surface area contributed by atoms with Gasteiger partial charge in [-0.15, -0.1) is 10.2 Å². The maximum atomic E-state index is 12.5. The highest BCUT2D eigenvalue weighted by atomic mass is 35.5. The number of halogens is 1. The summed E-state index contributed by atoms with van der Waals surface area (Å²) >= 11 is 7.24. The minimum atomic E-state index is -0.335. The van der Waals surface area contributed by atoms with Crippen molar-refractivity contribution in [2.75, 3.05) is 18.2 Å². The van der Waals surface area contributed by atoms with Crippen LogP contribution >= 0.6 is 23.4 Å². The van der Waals surface area contributed by atoms with Gasteiger partial charge in [-0.25, -0.2) is 0 Å². The third-order valence-electron chi connectivity index (χ3n) is 4.79. The van der Waals surface area contributed by atoms with Crippen molar-refractivity contribution in [2.24, 2.45) is 0 Å². The third kappa shape index (κ3) is 6.97. The number of aromatic nitrogens is 3. The molecule has 0 fully saturated rings. The molecule has 3 rings (SSSR count). The Labute approximate surface area is 202 Å². The Bertz CT molecular complexity index is 1100. The van der Waals surface area contributed by atoms with Gasteiger partial charge in [0.25, 0.3) is 0 Å². The van der Waals surface area contributed by atoms with E-state index in [1.54, 1.807) is 31.4 Å². The summed E-state index contributed by atoms with van der Waals surface area (Å²) in [6.07, 6.45) is 0.250. The quantitative estimate of drug-likeness (QED) is 0.417. The number of methoxy groups -OCH3 is 1. The number of rotatable bonds is 10. The number of anilines is 1. The molecule has 0 aliphatic carbocycles. The molecule has 2 amide bonds. The molecule has 33 heavy (non-hydrogen) atoms. The van der Waals surface area contributed by atoms with E-state index >= 15 is 0 Å². The number of hydrogen-bond acceptors (Lipinski definition) is 6. The Morgan fingerprint density at radius 2 is 1.91 bits per heavy atom. The topological polar surface area (TPSA) is 98.1 Å². The van der Waals surface area contributed by atoms with Crippen molar-refractivity contribution >= 4 is 40.9 Å². The smallest absolute Gasteiger partial charge is 0.234 e. The molecular formula is C23H26ClN5O3S. The molecule has 2 N–H and O–H groups in total. The van der Waals surface area contributed by atoms with Crippen LogP contribution in [-0.2, 0) is 22.6 Å². The summed E-state index contributed by atoms with van der Waals surface area (Å²) in [7, 11) is 1.60. The second-order valence-electron chi connectivity index (χ2n) is 7.25. The van der Waals surface area contributed by atoms with Crippen molar-refractivity contribution < 1.29 is 14.3 Å². The van der Waals surface area contributed by atoms with E-state index in [4.69, 9.17) is 16.3 Å². The highest BCUT2D eigenvalue weighted by Crippen LogP contribution is 2.22. The normalized spacial score (nSPS) is 11.6. The minimum Gasteiger partial charge on any atom is -0.497 e. The van der Waals surface area contributed by atoms with E-state index in [0.29, 0.717) is 28.2 Å². The van der Waals surface area contributed by atoms with Crippen LogP contribution in [0.25, 0.3) is 0 Å². The highest BCUT2D eigenvalue weighted by molar-refractivity contribution is 7.99. The molecule has 10 heteroatoms. The van der Waals surface area contributed by atoms with Crippen LogP contribution in [0, 0.1) is 0 Å². The fourth-order valence-electron chi connectivity index (χ4n) is 3.20. The standard InChI is InChI=1S/C23H26ClN5O3S/c1-4-29-22(15(2)25-20(30)12-16-8-10-19(32-3)11-9-16)27-28-23(29)33-14-21(31)26-18-7-5-6-17(24)13-18/h5-11,13,15H,4,12,14H2,1-3H3,(H,25,30)(H,26,31)/t15-/m1/s1. The van der Waals surface area contributed by atoms with Gasteiger partial charge in [-0.3, -0.25) is 9.59 Å².